The smallest absolute Gasteiger partial charge is 0.135 e. The predicted molar refractivity (Wildman–Crippen MR) is 102 cm³/mol. The number of hydrogen-bond acceptors (Lipinski definition) is 2. The van der Waals surface area contributed by atoms with E-state index in [1.165, 1.54) is 18.2 Å². The molecule has 0 spiro atoms. The van der Waals surface area contributed by atoms with Gasteiger partial charge in [0.25, 0.3) is 0 Å². The Morgan fingerprint density at radius 3 is 2.38 bits per heavy atom. The standard InChI is InChI=1S/C22H25F2NO/c1-5-26-19-13-14(22(2,3)4)9-10-15(19)16-11-12-25-21(16)20-17(23)7-6-8-18(20)24/h6-10,13,25H,5,11-12H2,1-4H3. The predicted octanol–water partition coefficient (Wildman–Crippen LogP) is 5.52. The third-order valence-electron chi connectivity index (χ3n) is 4.66. The number of hydrogen-bond donors (Lipinski definition) is 1. The van der Waals surface area contributed by atoms with Gasteiger partial charge in [-0.15, -0.1) is 0 Å². The summed E-state index contributed by atoms with van der Waals surface area (Å²) in [6, 6.07) is 10.1. The fourth-order valence-corrected chi connectivity index (χ4v) is 3.30. The van der Waals surface area contributed by atoms with E-state index in [1.54, 1.807) is 0 Å². The maximum atomic E-state index is 14.3. The molecule has 0 aliphatic carbocycles. The first-order chi connectivity index (χ1) is 12.3. The van der Waals surface area contributed by atoms with Gasteiger partial charge < -0.3 is 10.1 Å². The Kier molecular flexibility index (Phi) is 5.03. The second-order valence-electron chi connectivity index (χ2n) is 7.52. The van der Waals surface area contributed by atoms with Crippen LogP contribution in [0.4, 0.5) is 8.78 Å². The Morgan fingerprint density at radius 2 is 1.77 bits per heavy atom. The summed E-state index contributed by atoms with van der Waals surface area (Å²) in [6.45, 7) is 9.55. The Morgan fingerprint density at radius 1 is 1.08 bits per heavy atom. The van der Waals surface area contributed by atoms with Crippen LogP contribution in [0.2, 0.25) is 0 Å². The van der Waals surface area contributed by atoms with Gasteiger partial charge in [0.2, 0.25) is 0 Å². The van der Waals surface area contributed by atoms with Crippen molar-refractivity contribution in [1.82, 2.24) is 5.32 Å². The maximum absolute atomic E-state index is 14.3. The number of ether oxygens (including phenoxy) is 1. The van der Waals surface area contributed by atoms with Crippen molar-refractivity contribution in [2.24, 2.45) is 0 Å². The van der Waals surface area contributed by atoms with Crippen molar-refractivity contribution in [2.45, 2.75) is 39.5 Å². The highest BCUT2D eigenvalue weighted by molar-refractivity contribution is 5.94. The fraction of sp³-hybridized carbons (Fsp3) is 0.364. The highest BCUT2D eigenvalue weighted by Gasteiger charge is 2.25. The molecule has 1 N–H and O–H groups in total. The topological polar surface area (TPSA) is 21.3 Å². The SMILES string of the molecule is CCOc1cc(C(C)(C)C)ccc1C1=C(c2c(F)cccc2F)NCC1. The van der Waals surface area contributed by atoms with E-state index in [4.69, 9.17) is 4.74 Å². The van der Waals surface area contributed by atoms with E-state index in [1.807, 2.05) is 19.1 Å². The Hall–Kier alpha value is -2.36. The van der Waals surface area contributed by atoms with E-state index in [0.29, 0.717) is 25.3 Å². The van der Waals surface area contributed by atoms with Crippen molar-refractivity contribution < 1.29 is 13.5 Å². The van der Waals surface area contributed by atoms with Gasteiger partial charge in [0.1, 0.15) is 17.4 Å². The molecule has 0 unspecified atom stereocenters. The number of benzene rings is 2. The summed E-state index contributed by atoms with van der Waals surface area (Å²) in [5, 5.41) is 3.16. The van der Waals surface area contributed by atoms with Crippen LogP contribution >= 0.6 is 0 Å². The third-order valence-corrected chi connectivity index (χ3v) is 4.66. The van der Waals surface area contributed by atoms with Crippen molar-refractivity contribution in [3.05, 3.63) is 64.7 Å². The van der Waals surface area contributed by atoms with Gasteiger partial charge in [0.05, 0.1) is 17.9 Å². The first-order valence-electron chi connectivity index (χ1n) is 9.02. The van der Waals surface area contributed by atoms with Crippen LogP contribution in [-0.2, 0) is 5.41 Å². The molecule has 0 atom stereocenters. The van der Waals surface area contributed by atoms with E-state index < -0.39 is 11.6 Å². The molecule has 1 aliphatic heterocycles. The summed E-state index contributed by atoms with van der Waals surface area (Å²) in [5.74, 6) is -0.361. The lowest BCUT2D eigenvalue weighted by Gasteiger charge is -2.22. The average Bonchev–Trinajstić information content (AvgIpc) is 3.03. The van der Waals surface area contributed by atoms with Crippen LogP contribution in [0.3, 0.4) is 0 Å². The summed E-state index contributed by atoms with van der Waals surface area (Å²) in [6.07, 6.45) is 0.693. The van der Waals surface area contributed by atoms with Crippen LogP contribution < -0.4 is 10.1 Å². The van der Waals surface area contributed by atoms with Crippen LogP contribution in [0.25, 0.3) is 11.3 Å². The van der Waals surface area contributed by atoms with Crippen LogP contribution in [0.5, 0.6) is 5.75 Å². The van der Waals surface area contributed by atoms with Gasteiger partial charge in [-0.1, -0.05) is 39.0 Å². The number of nitrogens with one attached hydrogen (secondary N) is 1. The number of halogens is 2. The average molecular weight is 357 g/mol. The van der Waals surface area contributed by atoms with Crippen LogP contribution in [0, 0.1) is 11.6 Å². The summed E-state index contributed by atoms with van der Waals surface area (Å²) in [4.78, 5) is 0. The molecule has 138 valence electrons. The summed E-state index contributed by atoms with van der Waals surface area (Å²) < 4.78 is 34.5. The summed E-state index contributed by atoms with van der Waals surface area (Å²) in [5.41, 5.74) is 3.45. The molecule has 1 heterocycles. The molecule has 26 heavy (non-hydrogen) atoms. The molecular weight excluding hydrogens is 332 g/mol. The Labute approximate surface area is 153 Å². The van der Waals surface area contributed by atoms with Gasteiger partial charge in [0, 0.05) is 12.1 Å². The molecule has 1 aliphatic rings. The van der Waals surface area contributed by atoms with Crippen molar-refractivity contribution in [3.63, 3.8) is 0 Å². The molecule has 0 aromatic heterocycles. The van der Waals surface area contributed by atoms with Crippen molar-refractivity contribution in [1.29, 1.82) is 0 Å². The second-order valence-corrected chi connectivity index (χ2v) is 7.52. The molecule has 0 fully saturated rings. The van der Waals surface area contributed by atoms with Gasteiger partial charge in [-0.3, -0.25) is 0 Å². The molecule has 3 rings (SSSR count). The van der Waals surface area contributed by atoms with E-state index >= 15 is 0 Å². The van der Waals surface area contributed by atoms with E-state index in [-0.39, 0.29) is 11.0 Å². The third kappa shape index (κ3) is 3.46. The van der Waals surface area contributed by atoms with E-state index in [2.05, 4.69) is 32.2 Å². The second kappa shape index (κ2) is 7.10. The van der Waals surface area contributed by atoms with Crippen molar-refractivity contribution in [2.75, 3.05) is 13.2 Å². The lowest BCUT2D eigenvalue weighted by atomic mass is 9.85. The molecule has 0 saturated heterocycles. The molecule has 2 nitrogen and oxygen atoms in total. The molecule has 2 aromatic rings. The van der Waals surface area contributed by atoms with Gasteiger partial charge in [0.15, 0.2) is 0 Å². The first-order valence-corrected chi connectivity index (χ1v) is 9.02. The molecule has 0 bridgehead atoms. The first kappa shape index (κ1) is 18.4. The minimum atomic E-state index is -0.559. The lowest BCUT2D eigenvalue weighted by Crippen LogP contribution is -2.12. The van der Waals surface area contributed by atoms with Gasteiger partial charge >= 0.3 is 0 Å². The van der Waals surface area contributed by atoms with Gasteiger partial charge in [-0.25, -0.2) is 8.78 Å². The maximum Gasteiger partial charge on any atom is 0.135 e. The Balaban J connectivity index is 2.17. The molecule has 0 radical (unpaired) electrons. The van der Waals surface area contributed by atoms with E-state index in [0.717, 1.165) is 22.4 Å². The summed E-state index contributed by atoms with van der Waals surface area (Å²) >= 11 is 0. The largest absolute Gasteiger partial charge is 0.493 e. The monoisotopic (exact) mass is 357 g/mol. The number of rotatable bonds is 4. The zero-order valence-corrected chi connectivity index (χ0v) is 15.7. The van der Waals surface area contributed by atoms with Crippen molar-refractivity contribution >= 4 is 11.3 Å². The quantitative estimate of drug-likeness (QED) is 0.778. The molecule has 2 aromatic carbocycles. The summed E-state index contributed by atoms with van der Waals surface area (Å²) in [7, 11) is 0. The van der Waals surface area contributed by atoms with E-state index in [9.17, 15) is 8.78 Å². The fourth-order valence-electron chi connectivity index (χ4n) is 3.30. The van der Waals surface area contributed by atoms with Crippen LogP contribution in [-0.4, -0.2) is 13.2 Å². The molecule has 4 heteroatoms. The van der Waals surface area contributed by atoms with Crippen LogP contribution in [0.1, 0.15) is 50.8 Å². The molecule has 0 saturated carbocycles. The highest BCUT2D eigenvalue weighted by Crippen LogP contribution is 2.39. The van der Waals surface area contributed by atoms with Crippen LogP contribution in [0.15, 0.2) is 36.4 Å². The highest BCUT2D eigenvalue weighted by atomic mass is 19.1. The Bertz CT molecular complexity index is 829. The zero-order chi connectivity index (χ0) is 18.9. The van der Waals surface area contributed by atoms with Crippen molar-refractivity contribution in [3.8, 4) is 5.75 Å². The minimum Gasteiger partial charge on any atom is -0.493 e. The van der Waals surface area contributed by atoms with Gasteiger partial charge in [-0.05, 0) is 48.1 Å². The lowest BCUT2D eigenvalue weighted by molar-refractivity contribution is 0.338. The minimum absolute atomic E-state index is 0.00217. The molecular formula is C22H25F2NO. The zero-order valence-electron chi connectivity index (χ0n) is 15.7. The normalized spacial score (nSPS) is 14.5. The molecule has 0 amide bonds. The van der Waals surface area contributed by atoms with Gasteiger partial charge in [-0.2, -0.15) is 0 Å².